The van der Waals surface area contributed by atoms with Crippen LogP contribution in [0.4, 0.5) is 8.78 Å². The van der Waals surface area contributed by atoms with Gasteiger partial charge in [-0.15, -0.1) is 0 Å². The van der Waals surface area contributed by atoms with E-state index in [0.717, 1.165) is 0 Å². The van der Waals surface area contributed by atoms with Gasteiger partial charge in [0.1, 0.15) is 6.04 Å². The Morgan fingerprint density at radius 3 is 1.97 bits per heavy atom. The SMILES string of the molecule is NC(CCC(=O)n1cc(F)c(=O)[nH]c1=O)C(=O)NC(CC(=O)C(=O)n1cc(F)c(=O)[nH]c1=O)C(=O)O. The first kappa shape index (κ1) is 27.4. The highest BCUT2D eigenvalue weighted by Gasteiger charge is 2.30. The molecule has 6 N–H and O–H groups in total. The maximum absolute atomic E-state index is 13.3. The van der Waals surface area contributed by atoms with Crippen molar-refractivity contribution in [2.75, 3.05) is 0 Å². The van der Waals surface area contributed by atoms with Gasteiger partial charge in [-0.1, -0.05) is 0 Å². The van der Waals surface area contributed by atoms with Gasteiger partial charge in [0, 0.05) is 12.8 Å². The number of nitrogens with two attached hydrogens (primary N) is 1. The maximum atomic E-state index is 13.3. The summed E-state index contributed by atoms with van der Waals surface area (Å²) in [5.41, 5.74) is 0.0279. The molecule has 192 valence electrons. The van der Waals surface area contributed by atoms with Gasteiger partial charge in [0.2, 0.25) is 29.2 Å². The minimum absolute atomic E-state index is 0.0985. The summed E-state index contributed by atoms with van der Waals surface area (Å²) >= 11 is 0. The number of nitrogens with one attached hydrogen (secondary N) is 3. The first-order valence-corrected chi connectivity index (χ1v) is 9.65. The minimum Gasteiger partial charge on any atom is -0.480 e. The molecule has 2 rings (SSSR count). The van der Waals surface area contributed by atoms with E-state index in [1.807, 2.05) is 5.32 Å². The zero-order valence-corrected chi connectivity index (χ0v) is 17.8. The second-order valence-electron chi connectivity index (χ2n) is 7.08. The Labute approximate surface area is 195 Å². The number of rotatable bonds is 9. The van der Waals surface area contributed by atoms with Crippen molar-refractivity contribution >= 4 is 29.5 Å². The van der Waals surface area contributed by atoms with E-state index in [4.69, 9.17) is 5.73 Å². The van der Waals surface area contributed by atoms with Crippen molar-refractivity contribution in [2.45, 2.75) is 31.3 Å². The number of carbonyl (C=O) groups is 5. The van der Waals surface area contributed by atoms with E-state index < -0.39 is 95.0 Å². The van der Waals surface area contributed by atoms with Gasteiger partial charge in [0.25, 0.3) is 11.1 Å². The molecule has 0 aliphatic rings. The molecule has 1 amide bonds. The van der Waals surface area contributed by atoms with E-state index in [1.165, 1.54) is 4.98 Å². The summed E-state index contributed by atoms with van der Waals surface area (Å²) in [7, 11) is 0. The molecule has 2 heterocycles. The summed E-state index contributed by atoms with van der Waals surface area (Å²) in [6, 6.07) is -3.63. The molecule has 0 aromatic carbocycles. The largest absolute Gasteiger partial charge is 0.480 e. The Balaban J connectivity index is 2.04. The Morgan fingerprint density at radius 2 is 1.44 bits per heavy atom. The molecule has 2 unspecified atom stereocenters. The molecule has 0 radical (unpaired) electrons. The normalized spacial score (nSPS) is 12.4. The van der Waals surface area contributed by atoms with Gasteiger partial charge in [-0.25, -0.2) is 23.5 Å². The number of amides is 1. The number of hydrogen-bond acceptors (Lipinski definition) is 10. The highest BCUT2D eigenvalue weighted by atomic mass is 19.1. The molecule has 0 spiro atoms. The molecule has 2 aromatic rings. The van der Waals surface area contributed by atoms with Crippen LogP contribution in [0.25, 0.3) is 0 Å². The van der Waals surface area contributed by atoms with Crippen LogP contribution < -0.4 is 33.5 Å². The van der Waals surface area contributed by atoms with Crippen LogP contribution in [0.5, 0.6) is 0 Å². The summed E-state index contributed by atoms with van der Waals surface area (Å²) < 4.78 is 26.7. The first-order valence-electron chi connectivity index (χ1n) is 9.65. The minimum atomic E-state index is -2.05. The Morgan fingerprint density at radius 1 is 0.944 bits per heavy atom. The van der Waals surface area contributed by atoms with Gasteiger partial charge in [-0.05, 0) is 6.42 Å². The molecule has 36 heavy (non-hydrogen) atoms. The quantitative estimate of drug-likeness (QED) is 0.203. The fourth-order valence-electron chi connectivity index (χ4n) is 2.65. The maximum Gasteiger partial charge on any atom is 0.335 e. The molecule has 2 aromatic heterocycles. The lowest BCUT2D eigenvalue weighted by molar-refractivity contribution is -0.143. The van der Waals surface area contributed by atoms with E-state index in [1.54, 1.807) is 4.98 Å². The average molecular weight is 514 g/mol. The Bertz CT molecular complexity index is 1490. The van der Waals surface area contributed by atoms with Crippen molar-refractivity contribution in [1.82, 2.24) is 24.4 Å². The third kappa shape index (κ3) is 6.38. The van der Waals surface area contributed by atoms with Crippen LogP contribution in [0.3, 0.4) is 0 Å². The van der Waals surface area contributed by atoms with Crippen molar-refractivity contribution in [3.05, 3.63) is 65.7 Å². The fourth-order valence-corrected chi connectivity index (χ4v) is 2.65. The Kier molecular flexibility index (Phi) is 8.39. The monoisotopic (exact) mass is 514 g/mol. The predicted octanol–water partition coefficient (Wildman–Crippen LogP) is -3.72. The number of halogens is 2. The molecule has 18 heteroatoms. The van der Waals surface area contributed by atoms with Gasteiger partial charge >= 0.3 is 23.3 Å². The van der Waals surface area contributed by atoms with Crippen LogP contribution in [0.2, 0.25) is 0 Å². The summed E-state index contributed by atoms with van der Waals surface area (Å²) in [6.45, 7) is 0. The Hall–Kier alpha value is -4.87. The summed E-state index contributed by atoms with van der Waals surface area (Å²) in [5.74, 6) is -10.3. The molecule has 0 bridgehead atoms. The molecule has 2 atom stereocenters. The van der Waals surface area contributed by atoms with E-state index in [9.17, 15) is 57.0 Å². The third-order valence-electron chi connectivity index (χ3n) is 4.53. The van der Waals surface area contributed by atoms with Crippen LogP contribution in [-0.2, 0) is 14.4 Å². The van der Waals surface area contributed by atoms with Gasteiger partial charge in [-0.3, -0.25) is 38.7 Å². The van der Waals surface area contributed by atoms with Crippen molar-refractivity contribution in [3.63, 3.8) is 0 Å². The zero-order valence-electron chi connectivity index (χ0n) is 17.8. The number of Topliss-reactive ketones (excluding diaryl/α,β-unsaturated/α-hetero) is 1. The molecule has 0 aliphatic heterocycles. The van der Waals surface area contributed by atoms with Gasteiger partial charge in [0.15, 0.2) is 0 Å². The van der Waals surface area contributed by atoms with Crippen LogP contribution in [0.1, 0.15) is 28.9 Å². The summed E-state index contributed by atoms with van der Waals surface area (Å²) in [4.78, 5) is 108. The number of carboxylic acid groups (broad SMARTS) is 1. The lowest BCUT2D eigenvalue weighted by Gasteiger charge is -2.17. The number of H-pyrrole nitrogens is 2. The van der Waals surface area contributed by atoms with Gasteiger partial charge in [0.05, 0.1) is 18.4 Å². The van der Waals surface area contributed by atoms with Crippen molar-refractivity contribution in [1.29, 1.82) is 0 Å². The fraction of sp³-hybridized carbons (Fsp3) is 0.278. The van der Waals surface area contributed by atoms with E-state index >= 15 is 0 Å². The van der Waals surface area contributed by atoms with Crippen LogP contribution in [-0.4, -0.2) is 65.8 Å². The highest BCUT2D eigenvalue weighted by Crippen LogP contribution is 2.02. The average Bonchev–Trinajstić information content (AvgIpc) is 2.80. The molecular formula is C18H16F2N6O10. The lowest BCUT2D eigenvalue weighted by Crippen LogP contribution is -2.50. The van der Waals surface area contributed by atoms with Crippen molar-refractivity contribution < 1.29 is 37.9 Å². The number of carboxylic acids is 1. The number of aliphatic carboxylic acids is 1. The highest BCUT2D eigenvalue weighted by molar-refractivity contribution is 6.37. The predicted molar refractivity (Wildman–Crippen MR) is 110 cm³/mol. The van der Waals surface area contributed by atoms with Crippen LogP contribution in [0.15, 0.2) is 31.6 Å². The topological polar surface area (TPSA) is 253 Å². The summed E-state index contributed by atoms with van der Waals surface area (Å²) in [6.07, 6.45) is -1.87. The molecule has 16 nitrogen and oxygen atoms in total. The number of aromatic amines is 2. The number of ketones is 1. The molecule has 0 saturated carbocycles. The van der Waals surface area contributed by atoms with Crippen molar-refractivity contribution in [2.24, 2.45) is 5.73 Å². The van der Waals surface area contributed by atoms with Gasteiger partial charge in [-0.2, -0.15) is 8.78 Å². The summed E-state index contributed by atoms with van der Waals surface area (Å²) in [5, 5.41) is 11.1. The number of nitrogens with zero attached hydrogens (tertiary/aromatic N) is 2. The lowest BCUT2D eigenvalue weighted by atomic mass is 10.1. The molecular weight excluding hydrogens is 498 g/mol. The number of carbonyl (C=O) groups excluding carboxylic acids is 4. The van der Waals surface area contributed by atoms with E-state index in [2.05, 4.69) is 0 Å². The van der Waals surface area contributed by atoms with E-state index in [0.29, 0.717) is 6.20 Å². The van der Waals surface area contributed by atoms with Crippen LogP contribution in [0, 0.1) is 11.6 Å². The first-order chi connectivity index (χ1) is 16.7. The second kappa shape index (κ2) is 11.0. The third-order valence-corrected chi connectivity index (χ3v) is 4.53. The molecule has 0 fully saturated rings. The van der Waals surface area contributed by atoms with Crippen LogP contribution >= 0.6 is 0 Å². The van der Waals surface area contributed by atoms with Crippen molar-refractivity contribution in [3.8, 4) is 0 Å². The van der Waals surface area contributed by atoms with E-state index in [-0.39, 0.29) is 15.3 Å². The standard InChI is InChI=1S/C18H16F2N6O10/c19-6-4-25(17(35)23-12(6)29)11(28)2-1-8(21)14(31)22-9(16(33)34)3-10(27)15(32)26-5-7(20)13(30)24-18(26)36/h4-5,8-9H,1-3,21H2,(H,22,31)(H,33,34)(H,23,29,35)(H,24,30,36). The van der Waals surface area contributed by atoms with Gasteiger partial charge < -0.3 is 16.2 Å². The molecule has 0 saturated heterocycles. The number of hydrogen-bond donors (Lipinski definition) is 5. The molecule has 0 aliphatic carbocycles. The smallest absolute Gasteiger partial charge is 0.335 e. The number of aromatic nitrogens is 4. The zero-order chi connectivity index (χ0) is 27.3. The second-order valence-corrected chi connectivity index (χ2v) is 7.08.